The van der Waals surface area contributed by atoms with Crippen LogP contribution in [0.1, 0.15) is 51.9 Å². The summed E-state index contributed by atoms with van der Waals surface area (Å²) in [5.74, 6) is 0.101. The zero-order valence-electron chi connectivity index (χ0n) is 10.8. The zero-order valence-corrected chi connectivity index (χ0v) is 10.8. The van der Waals surface area contributed by atoms with Gasteiger partial charge in [0.1, 0.15) is 0 Å². The molecule has 1 fully saturated rings. The van der Waals surface area contributed by atoms with Gasteiger partial charge < -0.3 is 15.2 Å². The van der Waals surface area contributed by atoms with Crippen molar-refractivity contribution in [2.24, 2.45) is 0 Å². The van der Waals surface area contributed by atoms with Gasteiger partial charge in [-0.3, -0.25) is 4.79 Å². The highest BCUT2D eigenvalue weighted by atomic mass is 16.5. The lowest BCUT2D eigenvalue weighted by molar-refractivity contribution is -0.122. The van der Waals surface area contributed by atoms with Crippen LogP contribution in [0, 0.1) is 0 Å². The van der Waals surface area contributed by atoms with Crippen molar-refractivity contribution >= 4 is 5.91 Å². The van der Waals surface area contributed by atoms with Crippen LogP contribution in [-0.2, 0) is 9.53 Å². The third-order valence-corrected chi connectivity index (χ3v) is 3.17. The van der Waals surface area contributed by atoms with Crippen molar-refractivity contribution in [3.8, 4) is 0 Å². The topological polar surface area (TPSA) is 58.6 Å². The summed E-state index contributed by atoms with van der Waals surface area (Å²) in [7, 11) is 0. The molecule has 0 saturated carbocycles. The first-order chi connectivity index (χ1) is 8.22. The number of carbonyl (C=O) groups is 1. The number of nitrogens with one attached hydrogen (secondary N) is 1. The normalized spacial score (nSPS) is 22.1. The van der Waals surface area contributed by atoms with Gasteiger partial charge in [-0.15, -0.1) is 0 Å². The largest absolute Gasteiger partial charge is 0.396 e. The van der Waals surface area contributed by atoms with Crippen molar-refractivity contribution < 1.29 is 14.6 Å². The van der Waals surface area contributed by atoms with Gasteiger partial charge in [0.25, 0.3) is 0 Å². The lowest BCUT2D eigenvalue weighted by atomic mass is 10.0. The molecule has 1 saturated heterocycles. The van der Waals surface area contributed by atoms with Crippen LogP contribution in [0.5, 0.6) is 0 Å². The molecule has 0 aromatic rings. The molecule has 0 bridgehead atoms. The summed E-state index contributed by atoms with van der Waals surface area (Å²) in [4.78, 5) is 11.6. The molecular formula is C13H25NO3. The van der Waals surface area contributed by atoms with Crippen LogP contribution in [0.25, 0.3) is 0 Å². The zero-order chi connectivity index (χ0) is 12.5. The van der Waals surface area contributed by atoms with Gasteiger partial charge in [-0.1, -0.05) is 0 Å². The van der Waals surface area contributed by atoms with Gasteiger partial charge in [0, 0.05) is 25.7 Å². The molecule has 1 aliphatic heterocycles. The molecule has 1 rings (SSSR count). The van der Waals surface area contributed by atoms with Crippen molar-refractivity contribution in [1.82, 2.24) is 5.32 Å². The monoisotopic (exact) mass is 243 g/mol. The Kier molecular flexibility index (Phi) is 7.21. The molecule has 2 unspecified atom stereocenters. The fourth-order valence-electron chi connectivity index (χ4n) is 2.14. The number of aliphatic hydroxyl groups is 1. The molecule has 0 spiro atoms. The Morgan fingerprint density at radius 2 is 2.35 bits per heavy atom. The Balaban J connectivity index is 2.07. The van der Waals surface area contributed by atoms with Crippen LogP contribution in [0.4, 0.5) is 0 Å². The highest BCUT2D eigenvalue weighted by Gasteiger charge is 2.15. The van der Waals surface area contributed by atoms with E-state index in [1.54, 1.807) is 0 Å². The van der Waals surface area contributed by atoms with Gasteiger partial charge in [-0.05, 0) is 45.4 Å². The summed E-state index contributed by atoms with van der Waals surface area (Å²) in [6.07, 6.45) is 6.71. The molecule has 100 valence electrons. The molecule has 0 radical (unpaired) electrons. The fraction of sp³-hybridized carbons (Fsp3) is 0.923. The molecule has 1 aliphatic rings. The standard InChI is InChI=1S/C13H25NO3/c1-11(5-4-9-15)14-13(16)8-7-12-6-2-3-10-17-12/h11-12,15H,2-10H2,1H3,(H,14,16). The van der Waals surface area contributed by atoms with Crippen molar-refractivity contribution in [2.75, 3.05) is 13.2 Å². The highest BCUT2D eigenvalue weighted by Crippen LogP contribution is 2.16. The van der Waals surface area contributed by atoms with Gasteiger partial charge in [0.05, 0.1) is 6.10 Å². The van der Waals surface area contributed by atoms with E-state index in [0.29, 0.717) is 6.42 Å². The van der Waals surface area contributed by atoms with Gasteiger partial charge in [0.2, 0.25) is 5.91 Å². The van der Waals surface area contributed by atoms with Gasteiger partial charge in [-0.2, -0.15) is 0 Å². The molecule has 0 aromatic carbocycles. The number of rotatable bonds is 7. The Labute approximate surface area is 104 Å². The summed E-state index contributed by atoms with van der Waals surface area (Å²) in [5, 5.41) is 11.6. The van der Waals surface area contributed by atoms with Crippen molar-refractivity contribution in [2.45, 2.75) is 64.0 Å². The van der Waals surface area contributed by atoms with E-state index in [4.69, 9.17) is 9.84 Å². The fourth-order valence-corrected chi connectivity index (χ4v) is 2.14. The lowest BCUT2D eigenvalue weighted by Crippen LogP contribution is -2.33. The molecule has 4 nitrogen and oxygen atoms in total. The molecular weight excluding hydrogens is 218 g/mol. The summed E-state index contributed by atoms with van der Waals surface area (Å²) >= 11 is 0. The van der Waals surface area contributed by atoms with Crippen LogP contribution in [0.3, 0.4) is 0 Å². The van der Waals surface area contributed by atoms with Gasteiger partial charge in [0.15, 0.2) is 0 Å². The maximum absolute atomic E-state index is 11.6. The van der Waals surface area contributed by atoms with Gasteiger partial charge in [-0.25, -0.2) is 0 Å². The first-order valence-electron chi connectivity index (χ1n) is 6.74. The van der Waals surface area contributed by atoms with E-state index in [0.717, 1.165) is 38.7 Å². The number of aliphatic hydroxyl groups excluding tert-OH is 1. The quantitative estimate of drug-likeness (QED) is 0.714. The minimum Gasteiger partial charge on any atom is -0.396 e. The third kappa shape index (κ3) is 6.64. The minimum atomic E-state index is 0.101. The second kappa shape index (κ2) is 8.48. The maximum atomic E-state index is 11.6. The number of ether oxygens (including phenoxy) is 1. The van der Waals surface area contributed by atoms with Crippen LogP contribution in [0.15, 0.2) is 0 Å². The Morgan fingerprint density at radius 1 is 1.53 bits per heavy atom. The predicted octanol–water partition coefficient (Wildman–Crippen LogP) is 1.61. The van der Waals surface area contributed by atoms with E-state index in [2.05, 4.69) is 5.32 Å². The first-order valence-corrected chi connectivity index (χ1v) is 6.74. The van der Waals surface area contributed by atoms with E-state index in [1.807, 2.05) is 6.92 Å². The Morgan fingerprint density at radius 3 is 3.00 bits per heavy atom. The Bertz CT molecular complexity index is 215. The maximum Gasteiger partial charge on any atom is 0.220 e. The van der Waals surface area contributed by atoms with E-state index in [9.17, 15) is 4.79 Å². The molecule has 4 heteroatoms. The van der Waals surface area contributed by atoms with E-state index in [-0.39, 0.29) is 24.7 Å². The molecule has 0 aromatic heterocycles. The predicted molar refractivity (Wildman–Crippen MR) is 66.7 cm³/mol. The van der Waals surface area contributed by atoms with E-state index in [1.165, 1.54) is 6.42 Å². The molecule has 0 aliphatic carbocycles. The summed E-state index contributed by atoms with van der Waals surface area (Å²) in [5.41, 5.74) is 0. The van der Waals surface area contributed by atoms with Crippen molar-refractivity contribution in [3.63, 3.8) is 0 Å². The molecule has 2 atom stereocenters. The van der Waals surface area contributed by atoms with Crippen molar-refractivity contribution in [3.05, 3.63) is 0 Å². The molecule has 17 heavy (non-hydrogen) atoms. The minimum absolute atomic E-state index is 0.101. The van der Waals surface area contributed by atoms with Crippen molar-refractivity contribution in [1.29, 1.82) is 0 Å². The molecule has 1 heterocycles. The molecule has 2 N–H and O–H groups in total. The van der Waals surface area contributed by atoms with E-state index < -0.39 is 0 Å². The summed E-state index contributed by atoms with van der Waals surface area (Å²) < 4.78 is 5.59. The van der Waals surface area contributed by atoms with Crippen LogP contribution >= 0.6 is 0 Å². The number of carbonyl (C=O) groups excluding carboxylic acids is 1. The highest BCUT2D eigenvalue weighted by molar-refractivity contribution is 5.76. The SMILES string of the molecule is CC(CCCO)NC(=O)CCC1CCCCO1. The first kappa shape index (κ1) is 14.5. The lowest BCUT2D eigenvalue weighted by Gasteiger charge is -2.22. The summed E-state index contributed by atoms with van der Waals surface area (Å²) in [6, 6.07) is 0.155. The average molecular weight is 243 g/mol. The van der Waals surface area contributed by atoms with E-state index >= 15 is 0 Å². The second-order valence-electron chi connectivity index (χ2n) is 4.86. The van der Waals surface area contributed by atoms with Gasteiger partial charge >= 0.3 is 0 Å². The molecule has 1 amide bonds. The van der Waals surface area contributed by atoms with Crippen LogP contribution < -0.4 is 5.32 Å². The van der Waals surface area contributed by atoms with Crippen LogP contribution in [0.2, 0.25) is 0 Å². The Hall–Kier alpha value is -0.610. The number of amides is 1. The smallest absolute Gasteiger partial charge is 0.220 e. The second-order valence-corrected chi connectivity index (χ2v) is 4.86. The number of hydrogen-bond donors (Lipinski definition) is 2. The van der Waals surface area contributed by atoms with Crippen LogP contribution in [-0.4, -0.2) is 36.4 Å². The number of hydrogen-bond acceptors (Lipinski definition) is 3. The summed E-state index contributed by atoms with van der Waals surface area (Å²) in [6.45, 7) is 3.01. The third-order valence-electron chi connectivity index (χ3n) is 3.17. The average Bonchev–Trinajstić information content (AvgIpc) is 2.35.